The molecule has 8 heteroatoms. The number of ether oxygens (including phenoxy) is 1. The summed E-state index contributed by atoms with van der Waals surface area (Å²) in [5.74, 6) is -0.159. The van der Waals surface area contributed by atoms with Gasteiger partial charge in [-0.2, -0.15) is 0 Å². The van der Waals surface area contributed by atoms with Crippen molar-refractivity contribution in [2.45, 2.75) is 26.1 Å². The van der Waals surface area contributed by atoms with Gasteiger partial charge in [0, 0.05) is 24.7 Å². The number of morpholine rings is 1. The van der Waals surface area contributed by atoms with E-state index in [0.717, 1.165) is 0 Å². The number of nitro groups is 1. The molecule has 8 nitrogen and oxygen atoms in total. The van der Waals surface area contributed by atoms with Crippen LogP contribution in [0.5, 0.6) is 0 Å². The van der Waals surface area contributed by atoms with Gasteiger partial charge in [0.25, 0.3) is 5.69 Å². The highest BCUT2D eigenvalue weighted by atomic mass is 16.6. The lowest BCUT2D eigenvalue weighted by Crippen LogP contribution is -2.45. The Balaban J connectivity index is 2.41. The fourth-order valence-electron chi connectivity index (χ4n) is 2.53. The van der Waals surface area contributed by atoms with Crippen LogP contribution in [0.1, 0.15) is 19.4 Å². The van der Waals surface area contributed by atoms with Gasteiger partial charge in [-0.15, -0.1) is 0 Å². The molecule has 2 rings (SSSR count). The van der Waals surface area contributed by atoms with Crippen LogP contribution in [0.15, 0.2) is 23.4 Å². The van der Waals surface area contributed by atoms with Gasteiger partial charge < -0.3 is 20.6 Å². The molecule has 0 saturated carbocycles. The van der Waals surface area contributed by atoms with E-state index in [2.05, 4.69) is 5.16 Å². The Morgan fingerprint density at radius 3 is 2.62 bits per heavy atom. The number of nitrogens with two attached hydrogens (primary N) is 1. The molecule has 0 amide bonds. The van der Waals surface area contributed by atoms with Crippen molar-refractivity contribution in [1.29, 1.82) is 0 Å². The molecule has 1 aromatic rings. The van der Waals surface area contributed by atoms with Crippen LogP contribution in [-0.4, -0.2) is 41.3 Å². The molecule has 114 valence electrons. The number of nitrogens with zero attached hydrogens (tertiary/aromatic N) is 3. The van der Waals surface area contributed by atoms with Crippen LogP contribution >= 0.6 is 0 Å². The third-order valence-electron chi connectivity index (χ3n) is 3.34. The van der Waals surface area contributed by atoms with E-state index in [1.807, 2.05) is 18.7 Å². The smallest absolute Gasteiger partial charge is 0.293 e. The van der Waals surface area contributed by atoms with Crippen LogP contribution < -0.4 is 10.6 Å². The van der Waals surface area contributed by atoms with Crippen molar-refractivity contribution in [3.63, 3.8) is 0 Å². The average molecular weight is 294 g/mol. The standard InChI is InChI=1S/C13H18N4O4/c1-8-6-16(7-9(2)21-8)11-4-3-10(13(14)15-18)5-12(11)17(19)20/h3-5,8-9,18H,6-7H2,1-2H3,(H2,14,15)/t8-,9+. The molecule has 3 N–H and O–H groups in total. The minimum Gasteiger partial charge on any atom is -0.409 e. The van der Waals surface area contributed by atoms with Crippen molar-refractivity contribution < 1.29 is 14.9 Å². The van der Waals surface area contributed by atoms with E-state index in [1.165, 1.54) is 6.07 Å². The van der Waals surface area contributed by atoms with Crippen molar-refractivity contribution in [2.24, 2.45) is 10.9 Å². The first kappa shape index (κ1) is 15.0. The van der Waals surface area contributed by atoms with Gasteiger partial charge in [-0.05, 0) is 26.0 Å². The van der Waals surface area contributed by atoms with E-state index in [-0.39, 0.29) is 23.7 Å². The number of benzene rings is 1. The van der Waals surface area contributed by atoms with E-state index >= 15 is 0 Å². The number of anilines is 1. The highest BCUT2D eigenvalue weighted by molar-refractivity contribution is 5.98. The zero-order valence-electron chi connectivity index (χ0n) is 11.9. The molecule has 0 bridgehead atoms. The highest BCUT2D eigenvalue weighted by Crippen LogP contribution is 2.31. The molecule has 0 aromatic heterocycles. The summed E-state index contributed by atoms with van der Waals surface area (Å²) < 4.78 is 5.63. The van der Waals surface area contributed by atoms with E-state index in [9.17, 15) is 10.1 Å². The summed E-state index contributed by atoms with van der Waals surface area (Å²) in [6.07, 6.45) is -0.00536. The van der Waals surface area contributed by atoms with Crippen molar-refractivity contribution >= 4 is 17.2 Å². The minimum atomic E-state index is -0.464. The fourth-order valence-corrected chi connectivity index (χ4v) is 2.53. The predicted molar refractivity (Wildman–Crippen MR) is 77.8 cm³/mol. The monoisotopic (exact) mass is 294 g/mol. The van der Waals surface area contributed by atoms with Gasteiger partial charge in [0.05, 0.1) is 17.1 Å². The molecule has 1 aliphatic rings. The molecule has 1 fully saturated rings. The van der Waals surface area contributed by atoms with Crippen LogP contribution in [0.25, 0.3) is 0 Å². The van der Waals surface area contributed by atoms with Gasteiger partial charge in [0.15, 0.2) is 5.84 Å². The van der Waals surface area contributed by atoms with Gasteiger partial charge >= 0.3 is 0 Å². The summed E-state index contributed by atoms with van der Waals surface area (Å²) in [5.41, 5.74) is 6.23. The minimum absolute atomic E-state index is 0.00268. The zero-order chi connectivity index (χ0) is 15.6. The molecular formula is C13H18N4O4. The maximum absolute atomic E-state index is 11.3. The highest BCUT2D eigenvalue weighted by Gasteiger charge is 2.27. The Kier molecular flexibility index (Phi) is 4.27. The molecule has 1 aliphatic heterocycles. The first-order chi connectivity index (χ1) is 9.92. The summed E-state index contributed by atoms with van der Waals surface area (Å²) in [5, 5.41) is 22.8. The lowest BCUT2D eigenvalue weighted by atomic mass is 10.1. The van der Waals surface area contributed by atoms with Gasteiger partial charge in [0.2, 0.25) is 0 Å². The maximum Gasteiger partial charge on any atom is 0.293 e. The maximum atomic E-state index is 11.3. The summed E-state index contributed by atoms with van der Waals surface area (Å²) in [6, 6.07) is 4.54. The van der Waals surface area contributed by atoms with Gasteiger partial charge in [-0.1, -0.05) is 5.16 Å². The summed E-state index contributed by atoms with van der Waals surface area (Å²) in [7, 11) is 0. The first-order valence-corrected chi connectivity index (χ1v) is 6.59. The fraction of sp³-hybridized carbons (Fsp3) is 0.462. The van der Waals surface area contributed by atoms with E-state index in [1.54, 1.807) is 12.1 Å². The number of hydrogen-bond acceptors (Lipinski definition) is 6. The molecule has 0 aliphatic carbocycles. The molecule has 0 spiro atoms. The molecule has 1 aromatic carbocycles. The van der Waals surface area contributed by atoms with Crippen LogP contribution in [0, 0.1) is 10.1 Å². The summed E-state index contributed by atoms with van der Waals surface area (Å²) in [4.78, 5) is 12.8. The summed E-state index contributed by atoms with van der Waals surface area (Å²) in [6.45, 7) is 5.01. The zero-order valence-corrected chi connectivity index (χ0v) is 11.9. The number of hydrogen-bond donors (Lipinski definition) is 2. The van der Waals surface area contributed by atoms with Crippen molar-refractivity contribution in [1.82, 2.24) is 0 Å². The van der Waals surface area contributed by atoms with Gasteiger partial charge in [0.1, 0.15) is 5.69 Å². The Hall–Kier alpha value is -2.35. The van der Waals surface area contributed by atoms with Crippen LogP contribution in [0.2, 0.25) is 0 Å². The second-order valence-corrected chi connectivity index (χ2v) is 5.11. The van der Waals surface area contributed by atoms with Crippen LogP contribution in [0.3, 0.4) is 0 Å². The van der Waals surface area contributed by atoms with Crippen LogP contribution in [-0.2, 0) is 4.74 Å². The number of nitro benzene ring substituents is 1. The summed E-state index contributed by atoms with van der Waals surface area (Å²) >= 11 is 0. The average Bonchev–Trinajstić information content (AvgIpc) is 2.44. The van der Waals surface area contributed by atoms with Crippen molar-refractivity contribution in [3.8, 4) is 0 Å². The molecule has 1 heterocycles. The van der Waals surface area contributed by atoms with Crippen molar-refractivity contribution in [3.05, 3.63) is 33.9 Å². The first-order valence-electron chi connectivity index (χ1n) is 6.59. The molecule has 0 unspecified atom stereocenters. The number of amidine groups is 1. The number of rotatable bonds is 3. The topological polar surface area (TPSA) is 114 Å². The van der Waals surface area contributed by atoms with E-state index < -0.39 is 4.92 Å². The largest absolute Gasteiger partial charge is 0.409 e. The second-order valence-electron chi connectivity index (χ2n) is 5.11. The SMILES string of the molecule is C[C@@H]1CN(c2ccc(/C(N)=N/O)cc2[N+](=O)[O-])C[C@H](C)O1. The quantitative estimate of drug-likeness (QED) is 0.285. The Morgan fingerprint density at radius 1 is 1.48 bits per heavy atom. The van der Waals surface area contributed by atoms with E-state index in [0.29, 0.717) is 24.3 Å². The Bertz CT molecular complexity index is 565. The number of oxime groups is 1. The van der Waals surface area contributed by atoms with E-state index in [4.69, 9.17) is 15.7 Å². The van der Waals surface area contributed by atoms with Crippen molar-refractivity contribution in [2.75, 3.05) is 18.0 Å². The van der Waals surface area contributed by atoms with Crippen LogP contribution in [0.4, 0.5) is 11.4 Å². The Morgan fingerprint density at radius 2 is 2.10 bits per heavy atom. The lowest BCUT2D eigenvalue weighted by Gasteiger charge is -2.36. The lowest BCUT2D eigenvalue weighted by molar-refractivity contribution is -0.384. The third-order valence-corrected chi connectivity index (χ3v) is 3.34. The molecule has 21 heavy (non-hydrogen) atoms. The third kappa shape index (κ3) is 3.22. The predicted octanol–water partition coefficient (Wildman–Crippen LogP) is 1.30. The normalized spacial score (nSPS) is 23.1. The molecule has 0 radical (unpaired) electrons. The Labute approximate surface area is 121 Å². The van der Waals surface area contributed by atoms with Gasteiger partial charge in [-0.3, -0.25) is 10.1 Å². The molecule has 1 saturated heterocycles. The molecule has 2 atom stereocenters. The molecular weight excluding hydrogens is 276 g/mol. The van der Waals surface area contributed by atoms with Gasteiger partial charge in [-0.25, -0.2) is 0 Å². The second kappa shape index (κ2) is 5.96.